The monoisotopic (exact) mass is 332 g/mol. The van der Waals surface area contributed by atoms with Crippen LogP contribution < -0.4 is 0 Å². The molecule has 1 heterocycles. The van der Waals surface area contributed by atoms with E-state index in [-0.39, 0.29) is 34.8 Å². The van der Waals surface area contributed by atoms with Crippen molar-refractivity contribution < 1.29 is 19.8 Å². The smallest absolute Gasteiger partial charge is 0.254 e. The number of hydrogen-bond acceptors (Lipinski definition) is 4. The lowest BCUT2D eigenvalue weighted by molar-refractivity contribution is -0.138. The Balaban J connectivity index is 1.58. The fourth-order valence-electron chi connectivity index (χ4n) is 3.64. The van der Waals surface area contributed by atoms with Gasteiger partial charge >= 0.3 is 0 Å². The van der Waals surface area contributed by atoms with Crippen molar-refractivity contribution in [3.8, 4) is 11.5 Å². The van der Waals surface area contributed by atoms with E-state index in [0.717, 1.165) is 25.7 Å². The minimum Gasteiger partial charge on any atom is -0.508 e. The average molecular weight is 332 g/mol. The van der Waals surface area contributed by atoms with Crippen LogP contribution in [0.2, 0.25) is 0 Å². The molecule has 130 valence electrons. The molecule has 2 amide bonds. The predicted octanol–water partition coefficient (Wildman–Crippen LogP) is 1.96. The molecule has 6 heteroatoms. The Morgan fingerprint density at radius 3 is 1.96 bits per heavy atom. The molecule has 3 rings (SSSR count). The molecule has 6 nitrogen and oxygen atoms in total. The van der Waals surface area contributed by atoms with Gasteiger partial charge in [0.05, 0.1) is 0 Å². The quantitative estimate of drug-likeness (QED) is 0.867. The average Bonchev–Trinajstić information content (AvgIpc) is 2.60. The summed E-state index contributed by atoms with van der Waals surface area (Å²) < 4.78 is 0. The zero-order valence-corrected chi connectivity index (χ0v) is 13.8. The van der Waals surface area contributed by atoms with E-state index in [1.54, 1.807) is 4.90 Å². The lowest BCUT2D eigenvalue weighted by Gasteiger charge is -2.37. The van der Waals surface area contributed by atoms with Crippen molar-refractivity contribution in [1.29, 1.82) is 0 Å². The number of carbonyl (C=O) groups excluding carboxylic acids is 2. The molecule has 0 unspecified atom stereocenters. The van der Waals surface area contributed by atoms with E-state index < -0.39 is 0 Å². The van der Waals surface area contributed by atoms with Gasteiger partial charge in [-0.1, -0.05) is 19.3 Å². The van der Waals surface area contributed by atoms with E-state index in [1.807, 2.05) is 4.90 Å². The molecule has 2 fully saturated rings. The first-order valence-corrected chi connectivity index (χ1v) is 8.65. The number of nitrogens with zero attached hydrogens (tertiary/aromatic N) is 2. The summed E-state index contributed by atoms with van der Waals surface area (Å²) in [5, 5.41) is 19.0. The van der Waals surface area contributed by atoms with Crippen LogP contribution in [0.4, 0.5) is 0 Å². The van der Waals surface area contributed by atoms with Gasteiger partial charge < -0.3 is 20.0 Å². The number of amides is 2. The minimum atomic E-state index is -0.231. The van der Waals surface area contributed by atoms with Crippen LogP contribution >= 0.6 is 0 Å². The lowest BCUT2D eigenvalue weighted by atomic mass is 9.88. The molecule has 1 aliphatic heterocycles. The van der Waals surface area contributed by atoms with Gasteiger partial charge in [-0.3, -0.25) is 9.59 Å². The predicted molar refractivity (Wildman–Crippen MR) is 88.8 cm³/mol. The largest absolute Gasteiger partial charge is 0.508 e. The molecule has 0 radical (unpaired) electrons. The van der Waals surface area contributed by atoms with Crippen molar-refractivity contribution >= 4 is 11.8 Å². The van der Waals surface area contributed by atoms with Crippen LogP contribution in [-0.4, -0.2) is 58.0 Å². The molecule has 1 aromatic carbocycles. The normalized spacial score (nSPS) is 19.3. The van der Waals surface area contributed by atoms with Crippen molar-refractivity contribution in [2.24, 2.45) is 5.92 Å². The summed E-state index contributed by atoms with van der Waals surface area (Å²) in [6, 6.07) is 3.89. The van der Waals surface area contributed by atoms with Crippen LogP contribution in [0.5, 0.6) is 11.5 Å². The number of hydrogen-bond donors (Lipinski definition) is 2. The van der Waals surface area contributed by atoms with Crippen LogP contribution in [0.15, 0.2) is 18.2 Å². The highest BCUT2D eigenvalue weighted by atomic mass is 16.3. The van der Waals surface area contributed by atoms with Crippen LogP contribution in [0.1, 0.15) is 42.5 Å². The highest BCUT2D eigenvalue weighted by Gasteiger charge is 2.30. The van der Waals surface area contributed by atoms with Gasteiger partial charge in [0, 0.05) is 43.7 Å². The number of aromatic hydroxyl groups is 2. The zero-order chi connectivity index (χ0) is 17.1. The second kappa shape index (κ2) is 7.11. The van der Waals surface area contributed by atoms with Crippen molar-refractivity contribution in [2.45, 2.75) is 32.1 Å². The van der Waals surface area contributed by atoms with E-state index in [9.17, 15) is 19.8 Å². The summed E-state index contributed by atoms with van der Waals surface area (Å²) in [5.41, 5.74) is 0.263. The molecule has 1 aliphatic carbocycles. The van der Waals surface area contributed by atoms with Crippen LogP contribution in [0.25, 0.3) is 0 Å². The third-order valence-electron chi connectivity index (χ3n) is 4.98. The van der Waals surface area contributed by atoms with Gasteiger partial charge in [0.1, 0.15) is 11.5 Å². The number of phenols is 2. The molecule has 0 atom stereocenters. The van der Waals surface area contributed by atoms with E-state index >= 15 is 0 Å². The van der Waals surface area contributed by atoms with Crippen molar-refractivity contribution in [3.05, 3.63) is 23.8 Å². The van der Waals surface area contributed by atoms with Gasteiger partial charge in [0.25, 0.3) is 5.91 Å². The highest BCUT2D eigenvalue weighted by molar-refractivity contribution is 5.95. The van der Waals surface area contributed by atoms with Crippen molar-refractivity contribution in [3.63, 3.8) is 0 Å². The Hall–Kier alpha value is -2.24. The number of rotatable bonds is 2. The van der Waals surface area contributed by atoms with E-state index in [4.69, 9.17) is 0 Å². The third kappa shape index (κ3) is 3.63. The molecule has 1 saturated carbocycles. The van der Waals surface area contributed by atoms with E-state index in [0.29, 0.717) is 26.2 Å². The Kier molecular flexibility index (Phi) is 4.92. The summed E-state index contributed by atoms with van der Waals surface area (Å²) in [5.74, 6) is -0.110. The molecule has 0 spiro atoms. The first kappa shape index (κ1) is 16.6. The van der Waals surface area contributed by atoms with Gasteiger partial charge in [0.15, 0.2) is 0 Å². The van der Waals surface area contributed by atoms with Crippen molar-refractivity contribution in [1.82, 2.24) is 9.80 Å². The Morgan fingerprint density at radius 1 is 0.833 bits per heavy atom. The third-order valence-corrected chi connectivity index (χ3v) is 4.98. The molecule has 1 saturated heterocycles. The van der Waals surface area contributed by atoms with Gasteiger partial charge in [-0.25, -0.2) is 0 Å². The fraction of sp³-hybridized carbons (Fsp3) is 0.556. The minimum absolute atomic E-state index is 0.135. The molecule has 2 N–H and O–H groups in total. The number of phenolic OH excluding ortho intramolecular Hbond substituents is 2. The molecule has 2 aliphatic rings. The maximum atomic E-state index is 12.5. The maximum absolute atomic E-state index is 12.5. The molecule has 24 heavy (non-hydrogen) atoms. The Bertz CT molecular complexity index is 597. The molecule has 0 aromatic heterocycles. The molecule has 0 bridgehead atoms. The van der Waals surface area contributed by atoms with Gasteiger partial charge in [-0.15, -0.1) is 0 Å². The second-order valence-electron chi connectivity index (χ2n) is 6.69. The number of piperazine rings is 1. The molecule has 1 aromatic rings. The highest BCUT2D eigenvalue weighted by Crippen LogP contribution is 2.26. The van der Waals surface area contributed by atoms with Crippen molar-refractivity contribution in [2.75, 3.05) is 26.2 Å². The summed E-state index contributed by atoms with van der Waals surface area (Å²) in [6.07, 6.45) is 5.47. The Labute approximate surface area is 141 Å². The van der Waals surface area contributed by atoms with Crippen LogP contribution in [-0.2, 0) is 4.79 Å². The van der Waals surface area contributed by atoms with E-state index in [1.165, 1.54) is 24.6 Å². The van der Waals surface area contributed by atoms with Gasteiger partial charge in [-0.2, -0.15) is 0 Å². The molecular weight excluding hydrogens is 308 g/mol. The van der Waals surface area contributed by atoms with Crippen LogP contribution in [0, 0.1) is 5.92 Å². The van der Waals surface area contributed by atoms with Crippen LogP contribution in [0.3, 0.4) is 0 Å². The second-order valence-corrected chi connectivity index (χ2v) is 6.69. The standard InChI is InChI=1S/C18H24N2O4/c21-15-10-14(11-16(22)12-15)18(24)20-8-6-19(7-9-20)17(23)13-4-2-1-3-5-13/h10-13,21-22H,1-9H2. The summed E-state index contributed by atoms with van der Waals surface area (Å²) in [4.78, 5) is 28.6. The topological polar surface area (TPSA) is 81.1 Å². The Morgan fingerprint density at radius 2 is 1.38 bits per heavy atom. The summed E-state index contributed by atoms with van der Waals surface area (Å²) >= 11 is 0. The summed E-state index contributed by atoms with van der Waals surface area (Å²) in [7, 11) is 0. The summed E-state index contributed by atoms with van der Waals surface area (Å²) in [6.45, 7) is 2.05. The maximum Gasteiger partial charge on any atom is 0.254 e. The van der Waals surface area contributed by atoms with E-state index in [2.05, 4.69) is 0 Å². The first-order valence-electron chi connectivity index (χ1n) is 8.65. The lowest BCUT2D eigenvalue weighted by Crippen LogP contribution is -2.52. The zero-order valence-electron chi connectivity index (χ0n) is 13.8. The number of benzene rings is 1. The number of carbonyl (C=O) groups is 2. The van der Waals surface area contributed by atoms with Gasteiger partial charge in [0.2, 0.25) is 5.91 Å². The fourth-order valence-corrected chi connectivity index (χ4v) is 3.64. The first-order chi connectivity index (χ1) is 11.5. The SMILES string of the molecule is O=C(c1cc(O)cc(O)c1)N1CCN(C(=O)C2CCCCC2)CC1. The van der Waals surface area contributed by atoms with Gasteiger partial charge in [-0.05, 0) is 25.0 Å². The molecular formula is C18H24N2O4.